The van der Waals surface area contributed by atoms with Gasteiger partial charge in [-0.05, 0) is 12.8 Å². The fourth-order valence-electron chi connectivity index (χ4n) is 1.76. The lowest BCUT2D eigenvalue weighted by Gasteiger charge is -2.23. The molecule has 0 radical (unpaired) electrons. The van der Waals surface area contributed by atoms with Crippen LogP contribution < -0.4 is 5.73 Å². The number of carbonyl (C=O) groups is 1. The second-order valence-electron chi connectivity index (χ2n) is 3.54. The summed E-state index contributed by atoms with van der Waals surface area (Å²) in [6, 6.07) is 0.159. The Hall–Kier alpha value is -1.56. The molecule has 6 heteroatoms. The highest BCUT2D eigenvalue weighted by atomic mass is 16.5. The summed E-state index contributed by atoms with van der Waals surface area (Å²) >= 11 is 0. The zero-order valence-electron chi connectivity index (χ0n) is 8.22. The fourth-order valence-corrected chi connectivity index (χ4v) is 1.76. The standard InChI is InChI=1S/C9H13N3O3/c10-8-7(9(13)14)5-11-12(8)6-1-3-15-4-2-6/h5-6H,1-4,10H2,(H,13,14). The number of nitrogens with two attached hydrogens (primary N) is 1. The van der Waals surface area contributed by atoms with Crippen molar-refractivity contribution in [2.24, 2.45) is 0 Å². The van der Waals surface area contributed by atoms with Crippen molar-refractivity contribution < 1.29 is 14.6 Å². The van der Waals surface area contributed by atoms with Crippen molar-refractivity contribution in [3.63, 3.8) is 0 Å². The molecular weight excluding hydrogens is 198 g/mol. The normalized spacial score (nSPS) is 17.9. The van der Waals surface area contributed by atoms with Gasteiger partial charge in [0, 0.05) is 13.2 Å². The molecule has 1 aliphatic rings. The maximum Gasteiger partial charge on any atom is 0.341 e. The second-order valence-corrected chi connectivity index (χ2v) is 3.54. The zero-order valence-corrected chi connectivity index (χ0v) is 8.22. The minimum absolute atomic E-state index is 0.0708. The smallest absolute Gasteiger partial charge is 0.341 e. The summed E-state index contributed by atoms with van der Waals surface area (Å²) in [4.78, 5) is 10.8. The molecule has 0 bridgehead atoms. The molecule has 1 aromatic heterocycles. The Kier molecular flexibility index (Phi) is 2.59. The average Bonchev–Trinajstić information content (AvgIpc) is 2.61. The molecule has 0 saturated carbocycles. The SMILES string of the molecule is Nc1c(C(=O)O)cnn1C1CCOCC1. The van der Waals surface area contributed by atoms with E-state index in [-0.39, 0.29) is 17.4 Å². The number of hydrogen-bond donors (Lipinski definition) is 2. The van der Waals surface area contributed by atoms with E-state index in [1.807, 2.05) is 0 Å². The van der Waals surface area contributed by atoms with Gasteiger partial charge < -0.3 is 15.6 Å². The van der Waals surface area contributed by atoms with Crippen LogP contribution in [0.5, 0.6) is 0 Å². The molecule has 2 rings (SSSR count). The monoisotopic (exact) mass is 211 g/mol. The van der Waals surface area contributed by atoms with Crippen molar-refractivity contribution in [2.75, 3.05) is 18.9 Å². The van der Waals surface area contributed by atoms with Gasteiger partial charge in [0.25, 0.3) is 0 Å². The lowest BCUT2D eigenvalue weighted by Crippen LogP contribution is -2.22. The lowest BCUT2D eigenvalue weighted by atomic mass is 10.1. The largest absolute Gasteiger partial charge is 0.477 e. The Morgan fingerprint density at radius 3 is 2.80 bits per heavy atom. The van der Waals surface area contributed by atoms with Gasteiger partial charge >= 0.3 is 5.97 Å². The number of rotatable bonds is 2. The van der Waals surface area contributed by atoms with E-state index in [0.29, 0.717) is 13.2 Å². The number of aromatic nitrogens is 2. The predicted molar refractivity (Wildman–Crippen MR) is 52.7 cm³/mol. The first-order valence-electron chi connectivity index (χ1n) is 4.84. The minimum Gasteiger partial charge on any atom is -0.477 e. The lowest BCUT2D eigenvalue weighted by molar-refractivity contribution is 0.0667. The highest BCUT2D eigenvalue weighted by Gasteiger charge is 2.21. The zero-order chi connectivity index (χ0) is 10.8. The number of nitrogen functional groups attached to an aromatic ring is 1. The third-order valence-corrected chi connectivity index (χ3v) is 2.60. The number of ether oxygens (including phenoxy) is 1. The van der Waals surface area contributed by atoms with Crippen LogP contribution in [-0.4, -0.2) is 34.1 Å². The van der Waals surface area contributed by atoms with Crippen molar-refractivity contribution in [1.82, 2.24) is 9.78 Å². The third kappa shape index (κ3) is 1.80. The summed E-state index contributed by atoms with van der Waals surface area (Å²) in [6.45, 7) is 1.35. The molecule has 1 aromatic rings. The van der Waals surface area contributed by atoms with Crippen molar-refractivity contribution >= 4 is 11.8 Å². The molecule has 0 spiro atoms. The molecule has 1 aliphatic heterocycles. The highest BCUT2D eigenvalue weighted by molar-refractivity contribution is 5.92. The van der Waals surface area contributed by atoms with E-state index in [1.165, 1.54) is 6.20 Å². The summed E-state index contributed by atoms with van der Waals surface area (Å²) in [5, 5.41) is 12.8. The summed E-state index contributed by atoms with van der Waals surface area (Å²) in [5.74, 6) is -0.805. The van der Waals surface area contributed by atoms with E-state index in [9.17, 15) is 4.79 Å². The van der Waals surface area contributed by atoms with Crippen molar-refractivity contribution in [3.8, 4) is 0 Å². The number of carboxylic acids is 1. The number of aromatic carboxylic acids is 1. The van der Waals surface area contributed by atoms with E-state index >= 15 is 0 Å². The first-order valence-corrected chi connectivity index (χ1v) is 4.84. The number of carboxylic acid groups (broad SMARTS) is 1. The van der Waals surface area contributed by atoms with Crippen molar-refractivity contribution in [1.29, 1.82) is 0 Å². The first-order chi connectivity index (χ1) is 7.20. The van der Waals surface area contributed by atoms with Gasteiger partial charge in [-0.25, -0.2) is 9.48 Å². The van der Waals surface area contributed by atoms with Crippen LogP contribution in [0.3, 0.4) is 0 Å². The molecule has 0 aromatic carbocycles. The van der Waals surface area contributed by atoms with Gasteiger partial charge in [0.15, 0.2) is 0 Å². The van der Waals surface area contributed by atoms with Gasteiger partial charge in [-0.1, -0.05) is 0 Å². The van der Waals surface area contributed by atoms with Crippen molar-refractivity contribution in [2.45, 2.75) is 18.9 Å². The molecule has 1 saturated heterocycles. The Bertz CT molecular complexity index is 369. The average molecular weight is 211 g/mol. The van der Waals surface area contributed by atoms with Gasteiger partial charge in [-0.2, -0.15) is 5.10 Å². The third-order valence-electron chi connectivity index (χ3n) is 2.60. The molecular formula is C9H13N3O3. The van der Waals surface area contributed by atoms with Crippen molar-refractivity contribution in [3.05, 3.63) is 11.8 Å². The van der Waals surface area contributed by atoms with Crippen LogP contribution in [0, 0.1) is 0 Å². The number of hydrogen-bond acceptors (Lipinski definition) is 4. The first kappa shape index (κ1) is 9.97. The molecule has 6 nitrogen and oxygen atoms in total. The molecule has 15 heavy (non-hydrogen) atoms. The summed E-state index contributed by atoms with van der Waals surface area (Å²) in [6.07, 6.45) is 2.95. The van der Waals surface area contributed by atoms with Gasteiger partial charge in [0.05, 0.1) is 12.2 Å². The molecule has 0 amide bonds. The second kappa shape index (κ2) is 3.90. The molecule has 1 fully saturated rings. The van der Waals surface area contributed by atoms with E-state index in [1.54, 1.807) is 4.68 Å². The Morgan fingerprint density at radius 2 is 2.27 bits per heavy atom. The van der Waals surface area contributed by atoms with Gasteiger partial charge in [-0.15, -0.1) is 0 Å². The topological polar surface area (TPSA) is 90.4 Å². The fraction of sp³-hybridized carbons (Fsp3) is 0.556. The summed E-state index contributed by atoms with van der Waals surface area (Å²) in [5.41, 5.74) is 5.78. The van der Waals surface area contributed by atoms with Crippen LogP contribution in [0.15, 0.2) is 6.20 Å². The maximum atomic E-state index is 10.8. The molecule has 82 valence electrons. The quantitative estimate of drug-likeness (QED) is 0.744. The molecule has 3 N–H and O–H groups in total. The van der Waals surface area contributed by atoms with Gasteiger partial charge in [0.1, 0.15) is 11.4 Å². The molecule has 2 heterocycles. The Morgan fingerprint density at radius 1 is 1.60 bits per heavy atom. The maximum absolute atomic E-state index is 10.8. The molecule has 0 aliphatic carbocycles. The highest BCUT2D eigenvalue weighted by Crippen LogP contribution is 2.24. The van der Waals surface area contributed by atoms with Gasteiger partial charge in [0.2, 0.25) is 0 Å². The molecule has 0 unspecified atom stereocenters. The van der Waals surface area contributed by atoms with E-state index in [4.69, 9.17) is 15.6 Å². The van der Waals surface area contributed by atoms with Crippen LogP contribution in [0.1, 0.15) is 29.2 Å². The van der Waals surface area contributed by atoms with Crippen LogP contribution in [0.4, 0.5) is 5.82 Å². The minimum atomic E-state index is -1.04. The van der Waals surface area contributed by atoms with Crippen LogP contribution in [-0.2, 0) is 4.74 Å². The number of anilines is 1. The molecule has 0 atom stereocenters. The summed E-state index contributed by atoms with van der Waals surface area (Å²) < 4.78 is 6.81. The van der Waals surface area contributed by atoms with Crippen LogP contribution in [0.25, 0.3) is 0 Å². The predicted octanol–water partition coefficient (Wildman–Crippen LogP) is 0.515. The van der Waals surface area contributed by atoms with Gasteiger partial charge in [-0.3, -0.25) is 0 Å². The van der Waals surface area contributed by atoms with E-state index in [0.717, 1.165) is 12.8 Å². The Labute approximate surface area is 86.6 Å². The van der Waals surface area contributed by atoms with Crippen LogP contribution >= 0.6 is 0 Å². The Balaban J connectivity index is 2.24. The van der Waals surface area contributed by atoms with E-state index < -0.39 is 5.97 Å². The number of nitrogens with zero attached hydrogens (tertiary/aromatic N) is 2. The van der Waals surface area contributed by atoms with Crippen LogP contribution in [0.2, 0.25) is 0 Å². The summed E-state index contributed by atoms with van der Waals surface area (Å²) in [7, 11) is 0. The van der Waals surface area contributed by atoms with E-state index in [2.05, 4.69) is 5.10 Å².